The first kappa shape index (κ1) is 15.8. The van der Waals surface area contributed by atoms with Crippen molar-refractivity contribution >= 4 is 0 Å². The first-order valence-corrected chi connectivity index (χ1v) is 7.84. The van der Waals surface area contributed by atoms with Crippen LogP contribution in [0, 0.1) is 12.3 Å². The van der Waals surface area contributed by atoms with E-state index < -0.39 is 0 Å². The van der Waals surface area contributed by atoms with Crippen LogP contribution in [0.5, 0.6) is 0 Å². The van der Waals surface area contributed by atoms with Gasteiger partial charge in [0, 0.05) is 6.42 Å². The second kappa shape index (κ2) is 9.68. The Balaban J connectivity index is 2.41. The summed E-state index contributed by atoms with van der Waals surface area (Å²) in [5.74, 6) is 3.32. The van der Waals surface area contributed by atoms with Crippen LogP contribution in [0.2, 0.25) is 0 Å². The Kier molecular flexibility index (Phi) is 8.07. The molecule has 0 amide bonds. The maximum absolute atomic E-state index is 5.43. The van der Waals surface area contributed by atoms with Crippen LogP contribution in [0.15, 0.2) is 24.3 Å². The average molecular weight is 256 g/mol. The molecule has 1 aromatic rings. The number of aryl methyl sites for hydroxylation is 1. The van der Waals surface area contributed by atoms with Gasteiger partial charge in [0.2, 0.25) is 0 Å². The molecule has 0 heteroatoms. The number of benzene rings is 1. The second-order valence-corrected chi connectivity index (χ2v) is 5.42. The van der Waals surface area contributed by atoms with Crippen molar-refractivity contribution in [3.05, 3.63) is 35.4 Å². The summed E-state index contributed by atoms with van der Waals surface area (Å²) >= 11 is 0. The first-order valence-electron chi connectivity index (χ1n) is 7.84. The van der Waals surface area contributed by atoms with E-state index in [1.54, 1.807) is 0 Å². The minimum absolute atomic E-state index is 0.531. The third kappa shape index (κ3) is 5.97. The molecule has 1 unspecified atom stereocenters. The van der Waals surface area contributed by atoms with E-state index in [1.165, 1.54) is 49.7 Å². The van der Waals surface area contributed by atoms with E-state index in [4.69, 9.17) is 6.42 Å². The number of hydrogen-bond acceptors (Lipinski definition) is 0. The summed E-state index contributed by atoms with van der Waals surface area (Å²) in [6.07, 6.45) is 15.4. The van der Waals surface area contributed by atoms with Gasteiger partial charge in [-0.05, 0) is 36.3 Å². The van der Waals surface area contributed by atoms with E-state index in [9.17, 15) is 0 Å². The van der Waals surface area contributed by atoms with Gasteiger partial charge in [0.1, 0.15) is 0 Å². The highest BCUT2D eigenvalue weighted by atomic mass is 14.1. The fourth-order valence-electron chi connectivity index (χ4n) is 2.53. The molecule has 0 spiro atoms. The van der Waals surface area contributed by atoms with Crippen LogP contribution in [-0.4, -0.2) is 0 Å². The Hall–Kier alpha value is -1.22. The van der Waals surface area contributed by atoms with Gasteiger partial charge in [-0.25, -0.2) is 0 Å². The molecule has 0 radical (unpaired) electrons. The maximum Gasteiger partial charge on any atom is 0.0155 e. The van der Waals surface area contributed by atoms with Crippen molar-refractivity contribution in [3.8, 4) is 12.3 Å². The lowest BCUT2D eigenvalue weighted by atomic mass is 9.92. The summed E-state index contributed by atoms with van der Waals surface area (Å²) < 4.78 is 0. The van der Waals surface area contributed by atoms with Crippen molar-refractivity contribution in [2.75, 3.05) is 0 Å². The highest BCUT2D eigenvalue weighted by Gasteiger charge is 2.07. The van der Waals surface area contributed by atoms with E-state index in [1.807, 2.05) is 0 Å². The highest BCUT2D eigenvalue weighted by molar-refractivity contribution is 5.26. The molecule has 19 heavy (non-hydrogen) atoms. The molecule has 0 nitrogen and oxygen atoms in total. The fourth-order valence-corrected chi connectivity index (χ4v) is 2.53. The van der Waals surface area contributed by atoms with E-state index in [0.717, 1.165) is 12.8 Å². The van der Waals surface area contributed by atoms with E-state index >= 15 is 0 Å². The molecule has 0 saturated heterocycles. The Morgan fingerprint density at radius 2 is 1.68 bits per heavy atom. The molecule has 0 aliphatic heterocycles. The third-order valence-electron chi connectivity index (χ3n) is 3.88. The molecule has 0 bridgehead atoms. The third-order valence-corrected chi connectivity index (χ3v) is 3.88. The van der Waals surface area contributed by atoms with E-state index in [-0.39, 0.29) is 0 Å². The number of terminal acetylenes is 1. The fraction of sp³-hybridized carbons (Fsp3) is 0.579. The molecule has 0 saturated carbocycles. The normalized spacial score (nSPS) is 12.1. The predicted octanol–water partition coefficient (Wildman–Crippen LogP) is 5.72. The average Bonchev–Trinajstić information content (AvgIpc) is 2.45. The van der Waals surface area contributed by atoms with Gasteiger partial charge in [0.05, 0.1) is 0 Å². The van der Waals surface area contributed by atoms with E-state index in [2.05, 4.69) is 44.0 Å². The molecule has 0 heterocycles. The van der Waals surface area contributed by atoms with Crippen molar-refractivity contribution < 1.29 is 0 Å². The standard InChI is InChI=1S/C19H28/c1-4-7-8-9-10-12-17-13-15-19(16-14-17)18(6-3)11-5-2/h2,13-16,18H,4,6-12H2,1,3H3. The lowest BCUT2D eigenvalue weighted by Crippen LogP contribution is -1.96. The lowest BCUT2D eigenvalue weighted by molar-refractivity contribution is 0.632. The molecule has 104 valence electrons. The predicted molar refractivity (Wildman–Crippen MR) is 85.4 cm³/mol. The summed E-state index contributed by atoms with van der Waals surface area (Å²) in [6.45, 7) is 4.47. The molecule has 0 aromatic heterocycles. The topological polar surface area (TPSA) is 0 Å². The van der Waals surface area contributed by atoms with Gasteiger partial charge in [-0.1, -0.05) is 63.8 Å². The zero-order valence-electron chi connectivity index (χ0n) is 12.6. The smallest absolute Gasteiger partial charge is 0.0155 e. The van der Waals surface area contributed by atoms with Crippen LogP contribution >= 0.6 is 0 Å². The molecule has 1 rings (SSSR count). The van der Waals surface area contributed by atoms with E-state index in [0.29, 0.717) is 5.92 Å². The Morgan fingerprint density at radius 1 is 1.00 bits per heavy atom. The van der Waals surface area contributed by atoms with Gasteiger partial charge in [-0.3, -0.25) is 0 Å². The SMILES string of the molecule is C#CCC(CC)c1ccc(CCCCCCC)cc1. The summed E-state index contributed by atoms with van der Waals surface area (Å²) in [6, 6.07) is 9.11. The quantitative estimate of drug-likeness (QED) is 0.392. The van der Waals surface area contributed by atoms with Crippen molar-refractivity contribution in [2.24, 2.45) is 0 Å². The number of rotatable bonds is 9. The first-order chi connectivity index (χ1) is 9.31. The van der Waals surface area contributed by atoms with Gasteiger partial charge in [-0.15, -0.1) is 12.3 Å². The van der Waals surface area contributed by atoms with Gasteiger partial charge in [0.25, 0.3) is 0 Å². The van der Waals surface area contributed by atoms with Crippen molar-refractivity contribution in [1.29, 1.82) is 0 Å². The number of hydrogen-bond donors (Lipinski definition) is 0. The van der Waals surface area contributed by atoms with Crippen LogP contribution in [0.3, 0.4) is 0 Å². The van der Waals surface area contributed by atoms with Crippen LogP contribution in [-0.2, 0) is 6.42 Å². The highest BCUT2D eigenvalue weighted by Crippen LogP contribution is 2.23. The van der Waals surface area contributed by atoms with Crippen LogP contribution in [0.25, 0.3) is 0 Å². The molecular weight excluding hydrogens is 228 g/mol. The van der Waals surface area contributed by atoms with Crippen molar-refractivity contribution in [1.82, 2.24) is 0 Å². The molecule has 0 N–H and O–H groups in total. The molecule has 0 aliphatic rings. The maximum atomic E-state index is 5.43. The van der Waals surface area contributed by atoms with Crippen molar-refractivity contribution in [2.45, 2.75) is 71.1 Å². The number of unbranched alkanes of at least 4 members (excludes halogenated alkanes) is 4. The zero-order valence-corrected chi connectivity index (χ0v) is 12.6. The zero-order chi connectivity index (χ0) is 13.9. The van der Waals surface area contributed by atoms with Crippen LogP contribution in [0.1, 0.15) is 75.8 Å². The monoisotopic (exact) mass is 256 g/mol. The Bertz CT molecular complexity index is 366. The summed E-state index contributed by atoms with van der Waals surface area (Å²) in [7, 11) is 0. The molecular formula is C19H28. The van der Waals surface area contributed by atoms with Crippen molar-refractivity contribution in [3.63, 3.8) is 0 Å². The van der Waals surface area contributed by atoms with Crippen LogP contribution < -0.4 is 0 Å². The minimum Gasteiger partial charge on any atom is -0.120 e. The largest absolute Gasteiger partial charge is 0.120 e. The van der Waals surface area contributed by atoms with Gasteiger partial charge in [0.15, 0.2) is 0 Å². The molecule has 1 atom stereocenters. The minimum atomic E-state index is 0.531. The second-order valence-electron chi connectivity index (χ2n) is 5.42. The Morgan fingerprint density at radius 3 is 2.26 bits per heavy atom. The summed E-state index contributed by atoms with van der Waals surface area (Å²) in [5, 5.41) is 0. The molecule has 0 aliphatic carbocycles. The summed E-state index contributed by atoms with van der Waals surface area (Å²) in [5.41, 5.74) is 2.87. The van der Waals surface area contributed by atoms with Gasteiger partial charge < -0.3 is 0 Å². The molecule has 0 fully saturated rings. The lowest BCUT2D eigenvalue weighted by Gasteiger charge is -2.12. The van der Waals surface area contributed by atoms with Crippen LogP contribution in [0.4, 0.5) is 0 Å². The van der Waals surface area contributed by atoms with Gasteiger partial charge in [-0.2, -0.15) is 0 Å². The Labute approximate surface area is 119 Å². The van der Waals surface area contributed by atoms with Gasteiger partial charge >= 0.3 is 0 Å². The molecule has 1 aromatic carbocycles. The summed E-state index contributed by atoms with van der Waals surface area (Å²) in [4.78, 5) is 0.